The van der Waals surface area contributed by atoms with Gasteiger partial charge in [0.1, 0.15) is 5.56 Å². The van der Waals surface area contributed by atoms with Gasteiger partial charge < -0.3 is 0 Å². The SMILES string of the molecule is N#CCc1cc(C(F)(F)F)c(=O)[nH]n1. The van der Waals surface area contributed by atoms with Crippen molar-refractivity contribution in [1.29, 1.82) is 5.26 Å². The van der Waals surface area contributed by atoms with Gasteiger partial charge in [-0.05, 0) is 6.07 Å². The molecule has 0 saturated carbocycles. The molecule has 1 rings (SSSR count). The van der Waals surface area contributed by atoms with E-state index in [0.29, 0.717) is 6.07 Å². The molecule has 0 aliphatic carbocycles. The molecule has 0 fully saturated rings. The Morgan fingerprint density at radius 2 is 2.21 bits per heavy atom. The fourth-order valence-electron chi connectivity index (χ4n) is 0.829. The highest BCUT2D eigenvalue weighted by Crippen LogP contribution is 2.26. The number of alkyl halides is 3. The number of nitrogens with one attached hydrogen (secondary N) is 1. The molecular formula is C7H4F3N3O. The predicted octanol–water partition coefficient (Wildman–Crippen LogP) is 0.855. The van der Waals surface area contributed by atoms with E-state index in [-0.39, 0.29) is 12.1 Å². The van der Waals surface area contributed by atoms with Gasteiger partial charge in [0.15, 0.2) is 0 Å². The first kappa shape index (κ1) is 10.2. The van der Waals surface area contributed by atoms with Crippen LogP contribution in [0.2, 0.25) is 0 Å². The lowest BCUT2D eigenvalue weighted by molar-refractivity contribution is -0.138. The third kappa shape index (κ3) is 2.10. The van der Waals surface area contributed by atoms with E-state index in [1.807, 2.05) is 0 Å². The summed E-state index contributed by atoms with van der Waals surface area (Å²) >= 11 is 0. The number of nitrogens with zero attached hydrogens (tertiary/aromatic N) is 2. The zero-order valence-corrected chi connectivity index (χ0v) is 6.72. The van der Waals surface area contributed by atoms with Crippen LogP contribution in [0.5, 0.6) is 0 Å². The molecule has 1 aromatic heterocycles. The zero-order chi connectivity index (χ0) is 10.8. The number of rotatable bonds is 1. The van der Waals surface area contributed by atoms with Crippen molar-refractivity contribution < 1.29 is 13.2 Å². The Morgan fingerprint density at radius 3 is 2.71 bits per heavy atom. The molecule has 14 heavy (non-hydrogen) atoms. The highest BCUT2D eigenvalue weighted by atomic mass is 19.4. The Bertz CT molecular complexity index is 429. The van der Waals surface area contributed by atoms with Crippen molar-refractivity contribution in [2.75, 3.05) is 0 Å². The minimum absolute atomic E-state index is 0.112. The van der Waals surface area contributed by atoms with E-state index in [1.165, 1.54) is 0 Å². The molecule has 1 aromatic rings. The molecule has 0 aromatic carbocycles. The number of halogens is 3. The number of nitriles is 1. The van der Waals surface area contributed by atoms with Crippen molar-refractivity contribution in [3.8, 4) is 6.07 Å². The Kier molecular flexibility index (Phi) is 2.56. The van der Waals surface area contributed by atoms with Gasteiger partial charge >= 0.3 is 6.18 Å². The third-order valence-electron chi connectivity index (χ3n) is 1.42. The second kappa shape index (κ2) is 3.49. The van der Waals surface area contributed by atoms with Crippen molar-refractivity contribution >= 4 is 0 Å². The van der Waals surface area contributed by atoms with E-state index in [0.717, 1.165) is 0 Å². The summed E-state index contributed by atoms with van der Waals surface area (Å²) in [5.74, 6) is 0. The zero-order valence-electron chi connectivity index (χ0n) is 6.72. The van der Waals surface area contributed by atoms with Crippen LogP contribution in [0.3, 0.4) is 0 Å². The van der Waals surface area contributed by atoms with Gasteiger partial charge in [0.2, 0.25) is 0 Å². The number of aromatic nitrogens is 2. The van der Waals surface area contributed by atoms with Gasteiger partial charge in [-0.2, -0.15) is 23.5 Å². The van der Waals surface area contributed by atoms with Crippen LogP contribution in [-0.4, -0.2) is 10.2 Å². The molecule has 7 heteroatoms. The predicted molar refractivity (Wildman–Crippen MR) is 39.2 cm³/mol. The largest absolute Gasteiger partial charge is 0.421 e. The van der Waals surface area contributed by atoms with E-state index in [1.54, 1.807) is 11.2 Å². The van der Waals surface area contributed by atoms with Crippen LogP contribution in [0.25, 0.3) is 0 Å². The maximum Gasteiger partial charge on any atom is 0.421 e. The lowest BCUT2D eigenvalue weighted by Crippen LogP contribution is -2.23. The fraction of sp³-hybridized carbons (Fsp3) is 0.286. The van der Waals surface area contributed by atoms with Gasteiger partial charge in [0.05, 0.1) is 18.2 Å². The number of H-pyrrole nitrogens is 1. The summed E-state index contributed by atoms with van der Waals surface area (Å²) in [6.07, 6.45) is -5.00. The Morgan fingerprint density at radius 1 is 1.57 bits per heavy atom. The summed E-state index contributed by atoms with van der Waals surface area (Å²) in [7, 11) is 0. The molecular weight excluding hydrogens is 199 g/mol. The molecule has 0 unspecified atom stereocenters. The minimum atomic E-state index is -4.72. The van der Waals surface area contributed by atoms with E-state index in [9.17, 15) is 18.0 Å². The molecule has 74 valence electrons. The molecule has 0 atom stereocenters. The van der Waals surface area contributed by atoms with E-state index in [4.69, 9.17) is 5.26 Å². The summed E-state index contributed by atoms with van der Waals surface area (Å²) in [5, 5.41) is 13.2. The summed E-state index contributed by atoms with van der Waals surface area (Å²) in [6, 6.07) is 2.20. The van der Waals surface area contributed by atoms with E-state index in [2.05, 4.69) is 5.10 Å². The Hall–Kier alpha value is -1.84. The standard InChI is InChI=1S/C7H4F3N3O/c8-7(9,10)5-3-4(1-2-11)12-13-6(5)14/h3H,1H2,(H,13,14). The van der Waals surface area contributed by atoms with E-state index < -0.39 is 17.3 Å². The lowest BCUT2D eigenvalue weighted by Gasteiger charge is -2.04. The van der Waals surface area contributed by atoms with Crippen molar-refractivity contribution in [3.63, 3.8) is 0 Å². The first-order valence-electron chi connectivity index (χ1n) is 3.48. The first-order chi connectivity index (χ1) is 6.45. The summed E-state index contributed by atoms with van der Waals surface area (Å²) in [5.41, 5.74) is -2.75. The Balaban J connectivity index is 3.24. The fourth-order valence-corrected chi connectivity index (χ4v) is 0.829. The average Bonchev–Trinajstić information content (AvgIpc) is 2.07. The van der Waals surface area contributed by atoms with Crippen LogP contribution in [-0.2, 0) is 12.6 Å². The minimum Gasteiger partial charge on any atom is -0.267 e. The van der Waals surface area contributed by atoms with Gasteiger partial charge in [0, 0.05) is 0 Å². The van der Waals surface area contributed by atoms with Crippen molar-refractivity contribution in [2.45, 2.75) is 12.6 Å². The first-order valence-corrected chi connectivity index (χ1v) is 3.48. The molecule has 0 bridgehead atoms. The van der Waals surface area contributed by atoms with Crippen molar-refractivity contribution in [3.05, 3.63) is 27.7 Å². The second-order valence-corrected chi connectivity index (χ2v) is 2.43. The highest BCUT2D eigenvalue weighted by Gasteiger charge is 2.34. The number of hydrogen-bond donors (Lipinski definition) is 1. The molecule has 0 aliphatic rings. The van der Waals surface area contributed by atoms with Gasteiger partial charge in [-0.3, -0.25) is 4.79 Å². The van der Waals surface area contributed by atoms with Crippen LogP contribution in [0.1, 0.15) is 11.3 Å². The maximum atomic E-state index is 12.1. The summed E-state index contributed by atoms with van der Waals surface area (Å²) in [4.78, 5) is 10.7. The molecule has 4 nitrogen and oxygen atoms in total. The average molecular weight is 203 g/mol. The van der Waals surface area contributed by atoms with Gasteiger partial charge in [-0.15, -0.1) is 0 Å². The molecule has 0 amide bonds. The monoisotopic (exact) mass is 203 g/mol. The smallest absolute Gasteiger partial charge is 0.267 e. The topological polar surface area (TPSA) is 69.5 Å². The summed E-state index contributed by atoms with van der Waals surface area (Å²) in [6.45, 7) is 0. The quantitative estimate of drug-likeness (QED) is 0.735. The van der Waals surface area contributed by atoms with Crippen LogP contribution >= 0.6 is 0 Å². The maximum absolute atomic E-state index is 12.1. The van der Waals surface area contributed by atoms with Crippen LogP contribution in [0.4, 0.5) is 13.2 Å². The number of aromatic amines is 1. The van der Waals surface area contributed by atoms with Crippen LogP contribution < -0.4 is 5.56 Å². The van der Waals surface area contributed by atoms with Crippen molar-refractivity contribution in [2.24, 2.45) is 0 Å². The van der Waals surface area contributed by atoms with Gasteiger partial charge in [-0.1, -0.05) is 0 Å². The molecule has 0 spiro atoms. The Labute approximate surface area is 76.0 Å². The normalized spacial score (nSPS) is 11.0. The van der Waals surface area contributed by atoms with Gasteiger partial charge in [-0.25, -0.2) is 5.10 Å². The molecule has 0 aliphatic heterocycles. The van der Waals surface area contributed by atoms with Crippen LogP contribution in [0, 0.1) is 11.3 Å². The van der Waals surface area contributed by atoms with Crippen LogP contribution in [0.15, 0.2) is 10.9 Å². The van der Waals surface area contributed by atoms with Crippen molar-refractivity contribution in [1.82, 2.24) is 10.2 Å². The molecule has 1 N–H and O–H groups in total. The second-order valence-electron chi connectivity index (χ2n) is 2.43. The molecule has 0 saturated heterocycles. The highest BCUT2D eigenvalue weighted by molar-refractivity contribution is 5.17. The van der Waals surface area contributed by atoms with E-state index >= 15 is 0 Å². The van der Waals surface area contributed by atoms with Gasteiger partial charge in [0.25, 0.3) is 5.56 Å². The molecule has 1 heterocycles. The number of hydrogen-bond acceptors (Lipinski definition) is 3. The third-order valence-corrected chi connectivity index (χ3v) is 1.42. The summed E-state index contributed by atoms with van der Waals surface area (Å²) < 4.78 is 36.4. The molecule has 0 radical (unpaired) electrons. The lowest BCUT2D eigenvalue weighted by atomic mass is 10.2.